The Balaban J connectivity index is 1.92. The van der Waals surface area contributed by atoms with Crippen molar-refractivity contribution >= 4 is 43.9 Å². The minimum atomic E-state index is -3.89. The van der Waals surface area contributed by atoms with Crippen molar-refractivity contribution in [3.63, 3.8) is 0 Å². The van der Waals surface area contributed by atoms with Gasteiger partial charge >= 0.3 is 5.97 Å². The van der Waals surface area contributed by atoms with E-state index in [9.17, 15) is 18.0 Å². The number of nitrogens with one attached hydrogen (secondary N) is 2. The van der Waals surface area contributed by atoms with Crippen LogP contribution in [0, 0.1) is 0 Å². The molecule has 1 heterocycles. The molecule has 2 N–H and O–H groups in total. The Morgan fingerprint density at radius 1 is 1.14 bits per heavy atom. The number of rotatable bonds is 6. The third kappa shape index (κ3) is 4.36. The maximum Gasteiger partial charge on any atom is 0.341 e. The Morgan fingerprint density at radius 2 is 1.82 bits per heavy atom. The number of esters is 1. The van der Waals surface area contributed by atoms with Crippen LogP contribution < -0.4 is 10.0 Å². The van der Waals surface area contributed by atoms with E-state index in [-0.39, 0.29) is 17.4 Å². The van der Waals surface area contributed by atoms with Crippen molar-refractivity contribution in [3.8, 4) is 0 Å². The molecule has 1 aliphatic carbocycles. The molecule has 28 heavy (non-hydrogen) atoms. The average molecular weight is 423 g/mol. The first kappa shape index (κ1) is 20.3. The van der Waals surface area contributed by atoms with Gasteiger partial charge in [0.1, 0.15) is 5.00 Å². The first-order chi connectivity index (χ1) is 13.3. The molecule has 150 valence electrons. The van der Waals surface area contributed by atoms with E-state index in [1.807, 2.05) is 0 Å². The molecule has 1 aliphatic rings. The zero-order valence-electron chi connectivity index (χ0n) is 15.7. The summed E-state index contributed by atoms with van der Waals surface area (Å²) in [5, 5.41) is 2.89. The van der Waals surface area contributed by atoms with Gasteiger partial charge in [0.25, 0.3) is 10.0 Å². The molecule has 9 heteroatoms. The van der Waals surface area contributed by atoms with E-state index in [0.29, 0.717) is 16.3 Å². The van der Waals surface area contributed by atoms with Gasteiger partial charge in [0.05, 0.1) is 17.1 Å². The van der Waals surface area contributed by atoms with Crippen molar-refractivity contribution in [3.05, 3.63) is 40.3 Å². The molecule has 0 bridgehead atoms. The van der Waals surface area contributed by atoms with Crippen LogP contribution in [0.15, 0.2) is 29.2 Å². The monoisotopic (exact) mass is 422 g/mol. The predicted molar refractivity (Wildman–Crippen MR) is 108 cm³/mol. The lowest BCUT2D eigenvalue weighted by Gasteiger charge is -2.12. The maximum absolute atomic E-state index is 12.8. The van der Waals surface area contributed by atoms with Crippen LogP contribution in [0.25, 0.3) is 0 Å². The summed E-state index contributed by atoms with van der Waals surface area (Å²) >= 11 is 1.30. The van der Waals surface area contributed by atoms with Crippen LogP contribution in [-0.4, -0.2) is 26.9 Å². The number of hydrogen-bond donors (Lipinski definition) is 2. The van der Waals surface area contributed by atoms with Crippen LogP contribution >= 0.6 is 11.3 Å². The molecule has 0 atom stereocenters. The molecule has 0 spiro atoms. The van der Waals surface area contributed by atoms with Crippen LogP contribution in [0.1, 0.15) is 47.5 Å². The van der Waals surface area contributed by atoms with Gasteiger partial charge in [-0.2, -0.15) is 0 Å². The minimum Gasteiger partial charge on any atom is -0.462 e. The van der Waals surface area contributed by atoms with E-state index in [0.717, 1.165) is 36.1 Å². The van der Waals surface area contributed by atoms with Gasteiger partial charge in [0.15, 0.2) is 0 Å². The summed E-state index contributed by atoms with van der Waals surface area (Å²) in [4.78, 5) is 24.7. The van der Waals surface area contributed by atoms with Gasteiger partial charge in [-0.1, -0.05) is 0 Å². The van der Waals surface area contributed by atoms with Crippen molar-refractivity contribution in [2.75, 3.05) is 16.6 Å². The SMILES string of the molecule is CCOC(=O)c1c(NS(=O)(=O)c2ccc(NC(C)=O)cc2)sc2c1CCCC2. The number of carbonyl (C=O) groups is 2. The summed E-state index contributed by atoms with van der Waals surface area (Å²) in [5.74, 6) is -0.738. The van der Waals surface area contributed by atoms with Gasteiger partial charge in [0.2, 0.25) is 5.91 Å². The van der Waals surface area contributed by atoms with E-state index in [1.54, 1.807) is 6.92 Å². The number of carbonyl (C=O) groups excluding carboxylic acids is 2. The van der Waals surface area contributed by atoms with Gasteiger partial charge in [-0.15, -0.1) is 11.3 Å². The zero-order chi connectivity index (χ0) is 20.3. The summed E-state index contributed by atoms with van der Waals surface area (Å²) in [6.07, 6.45) is 3.56. The van der Waals surface area contributed by atoms with Gasteiger partial charge in [-0.25, -0.2) is 13.2 Å². The normalized spacial score (nSPS) is 13.5. The number of anilines is 2. The van der Waals surface area contributed by atoms with Crippen LogP contribution in [0.3, 0.4) is 0 Å². The predicted octanol–water partition coefficient (Wildman–Crippen LogP) is 3.56. The van der Waals surface area contributed by atoms with Gasteiger partial charge < -0.3 is 10.1 Å². The Labute approximate surface area is 168 Å². The second kappa shape index (κ2) is 8.32. The lowest BCUT2D eigenvalue weighted by Crippen LogP contribution is -2.16. The first-order valence-corrected chi connectivity index (χ1v) is 11.3. The number of hydrogen-bond acceptors (Lipinski definition) is 6. The number of thiophene rings is 1. The lowest BCUT2D eigenvalue weighted by molar-refractivity contribution is -0.114. The van der Waals surface area contributed by atoms with Gasteiger partial charge in [-0.05, 0) is 62.4 Å². The number of ether oxygens (including phenoxy) is 1. The molecule has 1 aromatic carbocycles. The highest BCUT2D eigenvalue weighted by Crippen LogP contribution is 2.39. The van der Waals surface area contributed by atoms with Crippen molar-refractivity contribution in [1.82, 2.24) is 0 Å². The van der Waals surface area contributed by atoms with E-state index < -0.39 is 16.0 Å². The Kier molecular flexibility index (Phi) is 6.04. The third-order valence-corrected chi connectivity index (χ3v) is 7.06. The smallest absolute Gasteiger partial charge is 0.341 e. The van der Waals surface area contributed by atoms with Crippen LogP contribution in [0.4, 0.5) is 10.7 Å². The number of fused-ring (bicyclic) bond motifs is 1. The maximum atomic E-state index is 12.8. The van der Waals surface area contributed by atoms with Crippen LogP contribution in [0.5, 0.6) is 0 Å². The van der Waals surface area contributed by atoms with E-state index >= 15 is 0 Å². The first-order valence-electron chi connectivity index (χ1n) is 9.04. The van der Waals surface area contributed by atoms with E-state index in [4.69, 9.17) is 4.74 Å². The van der Waals surface area contributed by atoms with Crippen molar-refractivity contribution in [2.24, 2.45) is 0 Å². The van der Waals surface area contributed by atoms with E-state index in [1.165, 1.54) is 42.5 Å². The minimum absolute atomic E-state index is 0.0442. The van der Waals surface area contributed by atoms with E-state index in [2.05, 4.69) is 10.0 Å². The zero-order valence-corrected chi connectivity index (χ0v) is 17.3. The Morgan fingerprint density at radius 3 is 2.46 bits per heavy atom. The molecule has 7 nitrogen and oxygen atoms in total. The number of sulfonamides is 1. The largest absolute Gasteiger partial charge is 0.462 e. The average Bonchev–Trinajstić information content (AvgIpc) is 2.99. The van der Waals surface area contributed by atoms with Crippen molar-refractivity contribution < 1.29 is 22.7 Å². The van der Waals surface area contributed by atoms with Gasteiger partial charge in [-0.3, -0.25) is 9.52 Å². The third-order valence-electron chi connectivity index (χ3n) is 4.36. The lowest BCUT2D eigenvalue weighted by atomic mass is 9.95. The molecular weight excluding hydrogens is 400 g/mol. The second-order valence-corrected chi connectivity index (χ2v) is 9.23. The summed E-state index contributed by atoms with van der Waals surface area (Å²) < 4.78 is 33.4. The Hall–Kier alpha value is -2.39. The molecule has 0 saturated carbocycles. The van der Waals surface area contributed by atoms with Crippen molar-refractivity contribution in [2.45, 2.75) is 44.4 Å². The highest BCUT2D eigenvalue weighted by molar-refractivity contribution is 7.93. The molecule has 0 saturated heterocycles. The molecule has 3 rings (SSSR count). The standard InChI is InChI=1S/C19H22N2O5S2/c1-3-26-19(23)17-15-6-4-5-7-16(15)27-18(17)21-28(24,25)14-10-8-13(9-11-14)20-12(2)22/h8-11,21H,3-7H2,1-2H3,(H,20,22). The number of amides is 1. The molecular formula is C19H22N2O5S2. The number of benzene rings is 1. The quantitative estimate of drug-likeness (QED) is 0.693. The number of aryl methyl sites for hydroxylation is 1. The molecule has 1 amide bonds. The van der Waals surface area contributed by atoms with Crippen LogP contribution in [0.2, 0.25) is 0 Å². The summed E-state index contributed by atoms with van der Waals surface area (Å²) in [5.41, 5.74) is 1.73. The molecule has 0 unspecified atom stereocenters. The molecule has 0 radical (unpaired) electrons. The molecule has 2 aromatic rings. The molecule has 0 fully saturated rings. The topological polar surface area (TPSA) is 102 Å². The molecule has 1 aromatic heterocycles. The second-order valence-electron chi connectivity index (χ2n) is 6.45. The van der Waals surface area contributed by atoms with Gasteiger partial charge in [0, 0.05) is 17.5 Å². The molecule has 0 aliphatic heterocycles. The summed E-state index contributed by atoms with van der Waals surface area (Å²) in [6.45, 7) is 3.32. The highest BCUT2D eigenvalue weighted by Gasteiger charge is 2.29. The van der Waals surface area contributed by atoms with Crippen molar-refractivity contribution in [1.29, 1.82) is 0 Å². The fourth-order valence-corrected chi connectivity index (χ4v) is 5.74. The van der Waals surface area contributed by atoms with Crippen LogP contribution in [-0.2, 0) is 32.4 Å². The Bertz CT molecular complexity index is 994. The fourth-order valence-electron chi connectivity index (χ4n) is 3.16. The summed E-state index contributed by atoms with van der Waals surface area (Å²) in [7, 11) is -3.89. The summed E-state index contributed by atoms with van der Waals surface area (Å²) in [6, 6.07) is 5.85. The fraction of sp³-hybridized carbons (Fsp3) is 0.368. The highest BCUT2D eigenvalue weighted by atomic mass is 32.2.